The van der Waals surface area contributed by atoms with E-state index in [1.165, 1.54) is 22.3 Å². The molecule has 2 atom stereocenters. The lowest BCUT2D eigenvalue weighted by Gasteiger charge is -2.27. The lowest BCUT2D eigenvalue weighted by atomic mass is 10.1. The van der Waals surface area contributed by atoms with E-state index in [1.807, 2.05) is 12.1 Å². The zero-order chi connectivity index (χ0) is 20.8. The van der Waals surface area contributed by atoms with Crippen molar-refractivity contribution in [2.75, 3.05) is 0 Å². The zero-order valence-electron chi connectivity index (χ0n) is 16.9. The SMILES string of the molecule is O=[P@@]1(C2c3ccccc3-c3ccccc32)SC(c2ccccc2)=C[C@H]1c1ccccc1. The molecule has 0 unspecified atom stereocenters. The van der Waals surface area contributed by atoms with Gasteiger partial charge in [-0.3, -0.25) is 0 Å². The summed E-state index contributed by atoms with van der Waals surface area (Å²) >= 11 is 1.61. The third-order valence-corrected chi connectivity index (χ3v) is 12.4. The van der Waals surface area contributed by atoms with E-state index < -0.39 is 6.34 Å². The minimum absolute atomic E-state index is 0.104. The Balaban J connectivity index is 1.56. The normalized spacial score (nSPS) is 22.1. The van der Waals surface area contributed by atoms with Crippen LogP contribution in [0.4, 0.5) is 0 Å². The van der Waals surface area contributed by atoms with Gasteiger partial charge in [-0.15, -0.1) is 0 Å². The van der Waals surface area contributed by atoms with Crippen molar-refractivity contribution in [3.8, 4) is 11.1 Å². The van der Waals surface area contributed by atoms with Gasteiger partial charge in [-0.25, -0.2) is 0 Å². The third kappa shape index (κ3) is 2.97. The lowest BCUT2D eigenvalue weighted by molar-refractivity contribution is 0.577. The molecule has 6 rings (SSSR count). The Morgan fingerprint density at radius 2 is 1.13 bits per heavy atom. The van der Waals surface area contributed by atoms with Gasteiger partial charge >= 0.3 is 0 Å². The molecule has 2 aliphatic rings. The highest BCUT2D eigenvalue weighted by atomic mass is 32.7. The van der Waals surface area contributed by atoms with Crippen LogP contribution >= 0.6 is 17.7 Å². The number of allylic oxidation sites excluding steroid dienone is 1. The average molecular weight is 437 g/mol. The maximum atomic E-state index is 15.2. The van der Waals surface area contributed by atoms with Crippen LogP contribution in [0.25, 0.3) is 16.0 Å². The number of fused-ring (bicyclic) bond motifs is 3. The van der Waals surface area contributed by atoms with Gasteiger partial charge in [-0.1, -0.05) is 127 Å². The van der Waals surface area contributed by atoms with Gasteiger partial charge in [0.2, 0.25) is 0 Å². The molecule has 1 aliphatic heterocycles. The van der Waals surface area contributed by atoms with Crippen LogP contribution in [-0.4, -0.2) is 0 Å². The van der Waals surface area contributed by atoms with Crippen LogP contribution < -0.4 is 0 Å². The van der Waals surface area contributed by atoms with Gasteiger partial charge in [0, 0.05) is 4.91 Å². The first-order valence-corrected chi connectivity index (χ1v) is 13.8. The number of rotatable bonds is 3. The maximum Gasteiger partial charge on any atom is 0.165 e. The second-order valence-electron chi connectivity index (χ2n) is 8.07. The van der Waals surface area contributed by atoms with Crippen LogP contribution in [0.2, 0.25) is 0 Å². The fourth-order valence-electron chi connectivity index (χ4n) is 4.92. The lowest BCUT2D eigenvalue weighted by Crippen LogP contribution is -2.02. The van der Waals surface area contributed by atoms with E-state index in [1.54, 1.807) is 11.4 Å². The van der Waals surface area contributed by atoms with Gasteiger partial charge in [-0.05, 0) is 33.4 Å². The van der Waals surface area contributed by atoms with Gasteiger partial charge in [0.15, 0.2) is 6.34 Å². The quantitative estimate of drug-likeness (QED) is 0.299. The first-order chi connectivity index (χ1) is 15.3. The summed E-state index contributed by atoms with van der Waals surface area (Å²) in [5, 5.41) is 0. The van der Waals surface area contributed by atoms with Crippen LogP contribution in [0, 0.1) is 0 Å². The van der Waals surface area contributed by atoms with Crippen molar-refractivity contribution in [1.82, 2.24) is 0 Å². The van der Waals surface area contributed by atoms with Gasteiger partial charge in [0.25, 0.3) is 0 Å². The Morgan fingerprint density at radius 1 is 0.613 bits per heavy atom. The molecule has 0 amide bonds. The number of benzene rings is 4. The summed E-state index contributed by atoms with van der Waals surface area (Å²) in [7, 11) is 0. The molecule has 1 nitrogen and oxygen atoms in total. The topological polar surface area (TPSA) is 17.1 Å². The standard InChI is InChI=1S/C28H21OPS/c29-30(28-24-17-9-7-15-22(24)23-16-8-10-18-25(23)28)26(20-11-3-1-4-12-20)19-27(31-30)21-13-5-2-6-14-21/h1-19,26,28H/t26-,30+/m0/s1. The zero-order valence-corrected chi connectivity index (χ0v) is 18.6. The van der Waals surface area contributed by atoms with Crippen molar-refractivity contribution in [3.05, 3.63) is 138 Å². The Morgan fingerprint density at radius 3 is 1.74 bits per heavy atom. The van der Waals surface area contributed by atoms with Crippen LogP contribution in [0.15, 0.2) is 115 Å². The molecule has 0 bridgehead atoms. The molecule has 4 aromatic carbocycles. The maximum absolute atomic E-state index is 15.2. The van der Waals surface area contributed by atoms with Crippen LogP contribution in [0.5, 0.6) is 0 Å². The largest absolute Gasteiger partial charge is 0.310 e. The van der Waals surface area contributed by atoms with Crippen molar-refractivity contribution < 1.29 is 4.57 Å². The second kappa shape index (κ2) is 7.41. The van der Waals surface area contributed by atoms with E-state index in [0.717, 1.165) is 16.0 Å². The molecule has 0 saturated heterocycles. The first kappa shape index (κ1) is 18.9. The molecule has 0 fully saturated rings. The Bertz CT molecular complexity index is 1300. The molecule has 3 heteroatoms. The molecule has 0 saturated carbocycles. The number of hydrogen-bond donors (Lipinski definition) is 0. The molecular formula is C28H21OPS. The molecule has 150 valence electrons. The van der Waals surface area contributed by atoms with Crippen molar-refractivity contribution in [3.63, 3.8) is 0 Å². The summed E-state index contributed by atoms with van der Waals surface area (Å²) in [6, 6.07) is 37.7. The van der Waals surface area contributed by atoms with E-state index in [0.29, 0.717) is 0 Å². The summed E-state index contributed by atoms with van der Waals surface area (Å²) in [6.07, 6.45) is -0.562. The Kier molecular flexibility index (Phi) is 4.52. The van der Waals surface area contributed by atoms with E-state index in [9.17, 15) is 0 Å². The smallest absolute Gasteiger partial charge is 0.165 e. The predicted molar refractivity (Wildman–Crippen MR) is 133 cm³/mol. The monoisotopic (exact) mass is 436 g/mol. The molecule has 1 heterocycles. The molecule has 1 aliphatic carbocycles. The van der Waals surface area contributed by atoms with Crippen LogP contribution in [0.3, 0.4) is 0 Å². The van der Waals surface area contributed by atoms with Crippen LogP contribution in [0.1, 0.15) is 33.6 Å². The van der Waals surface area contributed by atoms with E-state index in [-0.39, 0.29) is 11.3 Å². The van der Waals surface area contributed by atoms with E-state index in [4.69, 9.17) is 0 Å². The molecule has 0 aromatic heterocycles. The highest BCUT2D eigenvalue weighted by Gasteiger charge is 2.50. The van der Waals surface area contributed by atoms with Gasteiger partial charge < -0.3 is 4.57 Å². The molecular weight excluding hydrogens is 415 g/mol. The minimum Gasteiger partial charge on any atom is -0.310 e. The second-order valence-corrected chi connectivity index (χ2v) is 13.3. The number of hydrogen-bond acceptors (Lipinski definition) is 2. The van der Waals surface area contributed by atoms with Gasteiger partial charge in [0.1, 0.15) is 0 Å². The minimum atomic E-state index is -2.81. The molecule has 0 N–H and O–H groups in total. The van der Waals surface area contributed by atoms with Gasteiger partial charge in [0.05, 0.1) is 11.3 Å². The van der Waals surface area contributed by atoms with E-state index in [2.05, 4.69) is 103 Å². The van der Waals surface area contributed by atoms with E-state index >= 15 is 4.57 Å². The summed E-state index contributed by atoms with van der Waals surface area (Å²) in [5.41, 5.74) is 6.90. The summed E-state index contributed by atoms with van der Waals surface area (Å²) in [5.74, 6) is 0. The average Bonchev–Trinajstić information content (AvgIpc) is 3.36. The fraction of sp³-hybridized carbons (Fsp3) is 0.0714. The summed E-state index contributed by atoms with van der Waals surface area (Å²) in [4.78, 5) is 1.12. The highest BCUT2D eigenvalue weighted by molar-refractivity contribution is 8.63. The van der Waals surface area contributed by atoms with Crippen LogP contribution in [-0.2, 0) is 4.57 Å². The molecule has 4 aromatic rings. The highest BCUT2D eigenvalue weighted by Crippen LogP contribution is 2.86. The molecule has 0 radical (unpaired) electrons. The van der Waals surface area contributed by atoms with Crippen molar-refractivity contribution >= 4 is 22.6 Å². The van der Waals surface area contributed by atoms with Crippen molar-refractivity contribution in [1.29, 1.82) is 0 Å². The van der Waals surface area contributed by atoms with Gasteiger partial charge in [-0.2, -0.15) is 0 Å². The molecule has 31 heavy (non-hydrogen) atoms. The first-order valence-electron chi connectivity index (χ1n) is 10.5. The predicted octanol–water partition coefficient (Wildman–Crippen LogP) is 8.56. The Labute approximate surface area is 187 Å². The molecule has 0 spiro atoms. The van der Waals surface area contributed by atoms with Crippen molar-refractivity contribution in [2.45, 2.75) is 11.3 Å². The summed E-state index contributed by atoms with van der Waals surface area (Å²) < 4.78 is 15.2. The Hall–Kier alpha value is -2.80. The third-order valence-electron chi connectivity index (χ3n) is 6.30. The summed E-state index contributed by atoms with van der Waals surface area (Å²) in [6.45, 7) is 0. The van der Waals surface area contributed by atoms with Crippen molar-refractivity contribution in [2.24, 2.45) is 0 Å². The fourth-order valence-corrected chi connectivity index (χ4v) is 11.8.